The number of hydrogen-bond donors (Lipinski definition) is 1. The number of likely N-dealkylation sites (tertiary alicyclic amines) is 2. The van der Waals surface area contributed by atoms with Gasteiger partial charge in [0, 0.05) is 47.9 Å². The SMILES string of the molecule is CC(C)[C@H](C(=O)O)N1C[C@H](CN2CCC(c3cnc(Cc4cccs4)s3)CC2)[C@@H](c2cccc(F)c2)C1. The average molecular weight is 542 g/mol. The van der Waals surface area contributed by atoms with Crippen molar-refractivity contribution >= 4 is 28.6 Å². The lowest BCUT2D eigenvalue weighted by Crippen LogP contribution is -2.44. The summed E-state index contributed by atoms with van der Waals surface area (Å²) in [6.45, 7) is 8.31. The summed E-state index contributed by atoms with van der Waals surface area (Å²) in [5, 5.41) is 13.2. The Morgan fingerprint density at radius 1 is 1.19 bits per heavy atom. The van der Waals surface area contributed by atoms with Gasteiger partial charge in [0.15, 0.2) is 0 Å². The van der Waals surface area contributed by atoms with Crippen LogP contribution < -0.4 is 0 Å². The Balaban J connectivity index is 1.23. The highest BCUT2D eigenvalue weighted by Gasteiger charge is 2.41. The molecule has 4 heterocycles. The van der Waals surface area contributed by atoms with Gasteiger partial charge in [0.05, 0.1) is 5.01 Å². The van der Waals surface area contributed by atoms with Gasteiger partial charge < -0.3 is 10.0 Å². The number of aliphatic carboxylic acids is 1. The fraction of sp³-hybridized carbons (Fsp3) is 0.517. The zero-order valence-electron chi connectivity index (χ0n) is 21.6. The van der Waals surface area contributed by atoms with E-state index in [1.54, 1.807) is 23.5 Å². The molecule has 2 aliphatic rings. The quantitative estimate of drug-likeness (QED) is 0.363. The number of hydrogen-bond acceptors (Lipinski definition) is 6. The Morgan fingerprint density at radius 2 is 2.00 bits per heavy atom. The molecule has 37 heavy (non-hydrogen) atoms. The van der Waals surface area contributed by atoms with Gasteiger partial charge in [-0.15, -0.1) is 22.7 Å². The predicted octanol–water partition coefficient (Wildman–Crippen LogP) is 5.94. The molecule has 2 saturated heterocycles. The van der Waals surface area contributed by atoms with Gasteiger partial charge >= 0.3 is 5.97 Å². The van der Waals surface area contributed by atoms with E-state index in [2.05, 4.69) is 33.5 Å². The first-order chi connectivity index (χ1) is 17.9. The van der Waals surface area contributed by atoms with Crippen molar-refractivity contribution in [1.29, 1.82) is 0 Å². The number of carbonyl (C=O) groups is 1. The molecule has 2 aliphatic heterocycles. The maximum atomic E-state index is 14.1. The largest absolute Gasteiger partial charge is 0.480 e. The molecule has 1 aromatic carbocycles. The Kier molecular flexibility index (Phi) is 8.39. The molecular weight excluding hydrogens is 505 g/mol. The zero-order chi connectivity index (χ0) is 25.9. The number of carboxylic acids is 1. The first-order valence-electron chi connectivity index (χ1n) is 13.3. The summed E-state index contributed by atoms with van der Waals surface area (Å²) < 4.78 is 14.1. The number of thiophene rings is 1. The fourth-order valence-corrected chi connectivity index (χ4v) is 8.10. The van der Waals surface area contributed by atoms with Crippen LogP contribution in [0.15, 0.2) is 48.0 Å². The van der Waals surface area contributed by atoms with Crippen molar-refractivity contribution in [2.24, 2.45) is 11.8 Å². The van der Waals surface area contributed by atoms with Crippen molar-refractivity contribution in [2.75, 3.05) is 32.7 Å². The molecule has 0 radical (unpaired) electrons. The number of rotatable bonds is 9. The summed E-state index contributed by atoms with van der Waals surface area (Å²) in [5.74, 6) is -0.00349. The molecule has 0 spiro atoms. The van der Waals surface area contributed by atoms with Gasteiger partial charge in [-0.1, -0.05) is 32.0 Å². The smallest absolute Gasteiger partial charge is 0.321 e. The average Bonchev–Trinajstić information content (AvgIpc) is 3.62. The van der Waals surface area contributed by atoms with E-state index in [1.807, 2.05) is 31.3 Å². The van der Waals surface area contributed by atoms with Crippen LogP contribution in [-0.2, 0) is 11.2 Å². The van der Waals surface area contributed by atoms with Gasteiger partial charge in [0.1, 0.15) is 11.9 Å². The molecule has 0 aliphatic carbocycles. The third kappa shape index (κ3) is 6.30. The molecular formula is C29H36FN3O2S2. The maximum Gasteiger partial charge on any atom is 0.321 e. The van der Waals surface area contributed by atoms with E-state index in [9.17, 15) is 14.3 Å². The molecule has 2 fully saturated rings. The summed E-state index contributed by atoms with van der Waals surface area (Å²) in [6.07, 6.45) is 5.24. The first kappa shape index (κ1) is 26.5. The first-order valence-corrected chi connectivity index (χ1v) is 15.0. The van der Waals surface area contributed by atoms with Crippen molar-refractivity contribution < 1.29 is 14.3 Å². The maximum absolute atomic E-state index is 14.1. The van der Waals surface area contributed by atoms with Crippen LogP contribution >= 0.6 is 22.7 Å². The van der Waals surface area contributed by atoms with E-state index in [4.69, 9.17) is 4.98 Å². The number of nitrogens with zero attached hydrogens (tertiary/aromatic N) is 3. The minimum atomic E-state index is -0.766. The minimum absolute atomic E-state index is 0.0178. The Bertz CT molecular complexity index is 1170. The Labute approximate surface area is 227 Å². The van der Waals surface area contributed by atoms with Crippen LogP contribution in [0.25, 0.3) is 0 Å². The highest BCUT2D eigenvalue weighted by Crippen LogP contribution is 2.38. The van der Waals surface area contributed by atoms with Crippen LogP contribution in [0.5, 0.6) is 0 Å². The van der Waals surface area contributed by atoms with Crippen LogP contribution in [0.4, 0.5) is 4.39 Å². The van der Waals surface area contributed by atoms with Crippen LogP contribution in [0.3, 0.4) is 0 Å². The van der Waals surface area contributed by atoms with Gasteiger partial charge in [-0.05, 0) is 72.8 Å². The molecule has 3 atom stereocenters. The summed E-state index contributed by atoms with van der Waals surface area (Å²) >= 11 is 3.64. The molecule has 0 saturated carbocycles. The summed E-state index contributed by atoms with van der Waals surface area (Å²) in [5.41, 5.74) is 0.984. The van der Waals surface area contributed by atoms with Crippen molar-refractivity contribution in [1.82, 2.24) is 14.8 Å². The van der Waals surface area contributed by atoms with Crippen molar-refractivity contribution in [3.63, 3.8) is 0 Å². The zero-order valence-corrected chi connectivity index (χ0v) is 23.2. The van der Waals surface area contributed by atoms with Gasteiger partial charge in [-0.25, -0.2) is 9.37 Å². The summed E-state index contributed by atoms with van der Waals surface area (Å²) in [6, 6.07) is 10.6. The number of benzene rings is 1. The summed E-state index contributed by atoms with van der Waals surface area (Å²) in [7, 11) is 0. The van der Waals surface area contributed by atoms with Crippen LogP contribution in [0.2, 0.25) is 0 Å². The molecule has 1 N–H and O–H groups in total. The van der Waals surface area contributed by atoms with Crippen LogP contribution in [0.1, 0.15) is 58.9 Å². The summed E-state index contributed by atoms with van der Waals surface area (Å²) in [4.78, 5) is 24.2. The number of piperidine rings is 1. The molecule has 0 unspecified atom stereocenters. The van der Waals surface area contributed by atoms with Gasteiger partial charge in [-0.2, -0.15) is 0 Å². The predicted molar refractivity (Wildman–Crippen MR) is 148 cm³/mol. The second-order valence-electron chi connectivity index (χ2n) is 10.9. The highest BCUT2D eigenvalue weighted by atomic mass is 32.1. The molecule has 5 nitrogen and oxygen atoms in total. The van der Waals surface area contributed by atoms with Gasteiger partial charge in [-0.3, -0.25) is 9.69 Å². The van der Waals surface area contributed by atoms with Crippen LogP contribution in [-0.4, -0.2) is 64.6 Å². The number of carboxylic acid groups (broad SMARTS) is 1. The lowest BCUT2D eigenvalue weighted by atomic mass is 9.87. The van der Waals surface area contributed by atoms with E-state index < -0.39 is 12.0 Å². The standard InChI is InChI=1S/C29H36FN3O2S2/c1-19(2)28(29(34)35)33-17-22(25(18-33)21-5-3-6-23(30)13-21)16-32-10-8-20(9-11-32)26-15-31-27(37-26)14-24-7-4-12-36-24/h3-7,12-13,15,19-20,22,25,28H,8-11,14,16-18H2,1-2H3,(H,34,35)/t22-,25+,28+/m0/s1. The van der Waals surface area contributed by atoms with Gasteiger partial charge in [0.2, 0.25) is 0 Å². The Morgan fingerprint density at radius 3 is 2.68 bits per heavy atom. The molecule has 0 amide bonds. The van der Waals surface area contributed by atoms with Crippen molar-refractivity contribution in [2.45, 2.75) is 51.0 Å². The fourth-order valence-electron chi connectivity index (χ4n) is 6.18. The molecule has 198 valence electrons. The van der Waals surface area contributed by atoms with E-state index in [-0.39, 0.29) is 23.6 Å². The van der Waals surface area contributed by atoms with E-state index in [1.165, 1.54) is 20.8 Å². The molecule has 5 rings (SSSR count). The third-order valence-corrected chi connectivity index (χ3v) is 10.0. The van der Waals surface area contributed by atoms with Gasteiger partial charge in [0.25, 0.3) is 0 Å². The second kappa shape index (κ2) is 11.7. The lowest BCUT2D eigenvalue weighted by molar-refractivity contribution is -0.144. The second-order valence-corrected chi connectivity index (χ2v) is 13.1. The van der Waals surface area contributed by atoms with Crippen molar-refractivity contribution in [3.05, 3.63) is 74.1 Å². The minimum Gasteiger partial charge on any atom is -0.480 e. The highest BCUT2D eigenvalue weighted by molar-refractivity contribution is 7.12. The van der Waals surface area contributed by atoms with E-state index in [0.29, 0.717) is 12.5 Å². The number of aromatic nitrogens is 1. The van der Waals surface area contributed by atoms with E-state index in [0.717, 1.165) is 51.0 Å². The third-order valence-electron chi connectivity index (χ3n) is 7.98. The monoisotopic (exact) mass is 541 g/mol. The van der Waals surface area contributed by atoms with Crippen LogP contribution in [0, 0.1) is 17.7 Å². The van der Waals surface area contributed by atoms with E-state index >= 15 is 0 Å². The Hall–Kier alpha value is -2.13. The molecule has 8 heteroatoms. The number of thiazole rings is 1. The van der Waals surface area contributed by atoms with Crippen molar-refractivity contribution in [3.8, 4) is 0 Å². The molecule has 2 aromatic heterocycles. The molecule has 3 aromatic rings. The number of halogens is 1. The lowest BCUT2D eigenvalue weighted by Gasteiger charge is -2.34. The topological polar surface area (TPSA) is 56.7 Å². The normalized spacial score (nSPS) is 22.6. The molecule has 0 bridgehead atoms.